The molecule has 1 saturated heterocycles. The van der Waals surface area contributed by atoms with Crippen molar-refractivity contribution in [3.8, 4) is 0 Å². The minimum absolute atomic E-state index is 0.0221. The molecule has 0 aromatic heterocycles. The standard InChI is InChI=1S/C34H28F4N6O3/c1-17-6-10-19(11-7-17)14-21-4-3-5-22-28(21)40-44(30(22)20-12-8-18(2)9-13-20)25(45)16-42-32-29(39-41-42)33(46)43(34(32)47)31-26(37)23(35)15-24(36)27(31)38/h6-15,22,29-30,32H,3-5,16H2,1-2H3/b21-14+/t22-,29+,30+,32-/m1/s1. The average molecular weight is 645 g/mol. The molecule has 9 nitrogen and oxygen atoms in total. The summed E-state index contributed by atoms with van der Waals surface area (Å²) in [5.41, 5.74) is 4.37. The highest BCUT2D eigenvalue weighted by Crippen LogP contribution is 2.45. The number of rotatable bonds is 5. The molecule has 3 aliphatic heterocycles. The first-order valence-electron chi connectivity index (χ1n) is 15.2. The number of amides is 3. The fourth-order valence-electron chi connectivity index (χ4n) is 6.71. The van der Waals surface area contributed by atoms with Crippen molar-refractivity contribution in [2.24, 2.45) is 21.4 Å². The Balaban J connectivity index is 1.20. The highest BCUT2D eigenvalue weighted by atomic mass is 19.2. The van der Waals surface area contributed by atoms with Crippen LogP contribution in [0.2, 0.25) is 0 Å². The van der Waals surface area contributed by atoms with Gasteiger partial charge in [0.25, 0.3) is 17.7 Å². The number of aryl methyl sites for hydroxylation is 2. The summed E-state index contributed by atoms with van der Waals surface area (Å²) in [5, 5.41) is 14.8. The number of hydrogen-bond acceptors (Lipinski definition) is 7. The van der Waals surface area contributed by atoms with Crippen molar-refractivity contribution in [1.82, 2.24) is 10.0 Å². The molecule has 1 aliphatic carbocycles. The fourth-order valence-corrected chi connectivity index (χ4v) is 6.71. The number of benzene rings is 3. The number of fused-ring (bicyclic) bond motifs is 2. The van der Waals surface area contributed by atoms with E-state index in [4.69, 9.17) is 5.10 Å². The molecule has 0 bridgehead atoms. The number of carbonyl (C=O) groups is 3. The topological polar surface area (TPSA) is 98.0 Å². The van der Waals surface area contributed by atoms with Gasteiger partial charge in [0.05, 0.1) is 11.8 Å². The number of hydrogen-bond donors (Lipinski definition) is 0. The zero-order valence-electron chi connectivity index (χ0n) is 25.3. The van der Waals surface area contributed by atoms with Gasteiger partial charge in [0.2, 0.25) is 0 Å². The minimum atomic E-state index is -1.91. The second kappa shape index (κ2) is 11.6. The van der Waals surface area contributed by atoms with Crippen LogP contribution in [0.25, 0.3) is 6.08 Å². The highest BCUT2D eigenvalue weighted by Gasteiger charge is 2.57. The van der Waals surface area contributed by atoms with Crippen molar-refractivity contribution in [1.29, 1.82) is 0 Å². The molecule has 2 fully saturated rings. The van der Waals surface area contributed by atoms with E-state index in [-0.39, 0.29) is 16.9 Å². The Morgan fingerprint density at radius 3 is 2.19 bits per heavy atom. The smallest absolute Gasteiger partial charge is 0.264 e. The molecule has 3 amide bonds. The molecule has 47 heavy (non-hydrogen) atoms. The molecule has 0 radical (unpaired) electrons. The molecular formula is C34H28F4N6O3. The number of anilines is 1. The van der Waals surface area contributed by atoms with Crippen LogP contribution in [0, 0.1) is 43.0 Å². The Morgan fingerprint density at radius 2 is 1.53 bits per heavy atom. The van der Waals surface area contributed by atoms with E-state index < -0.39 is 71.3 Å². The van der Waals surface area contributed by atoms with Gasteiger partial charge in [-0.1, -0.05) is 64.9 Å². The van der Waals surface area contributed by atoms with E-state index in [2.05, 4.69) is 16.4 Å². The Bertz CT molecular complexity index is 1880. The molecule has 0 unspecified atom stereocenters. The molecular weight excluding hydrogens is 616 g/mol. The lowest BCUT2D eigenvalue weighted by molar-refractivity contribution is -0.136. The molecule has 3 heterocycles. The van der Waals surface area contributed by atoms with E-state index >= 15 is 0 Å². The normalized spacial score (nSPS) is 24.3. The van der Waals surface area contributed by atoms with Gasteiger partial charge in [0.15, 0.2) is 35.4 Å². The van der Waals surface area contributed by atoms with Gasteiger partial charge in [-0.3, -0.25) is 19.4 Å². The van der Waals surface area contributed by atoms with Crippen molar-refractivity contribution in [3.63, 3.8) is 0 Å². The van der Waals surface area contributed by atoms with E-state index in [1.54, 1.807) is 0 Å². The Hall–Kier alpha value is -5.20. The van der Waals surface area contributed by atoms with Crippen LogP contribution < -0.4 is 4.90 Å². The molecule has 240 valence electrons. The van der Waals surface area contributed by atoms with Crippen LogP contribution >= 0.6 is 0 Å². The fraction of sp³-hybridized carbons (Fsp3) is 0.294. The second-order valence-corrected chi connectivity index (χ2v) is 12.2. The molecule has 7 rings (SSSR count). The van der Waals surface area contributed by atoms with Crippen molar-refractivity contribution in [2.45, 2.75) is 51.2 Å². The monoisotopic (exact) mass is 644 g/mol. The first kappa shape index (κ1) is 30.5. The largest absolute Gasteiger partial charge is 0.271 e. The van der Waals surface area contributed by atoms with Crippen LogP contribution in [0.4, 0.5) is 23.2 Å². The lowest BCUT2D eigenvalue weighted by Gasteiger charge is -2.30. The summed E-state index contributed by atoms with van der Waals surface area (Å²) in [6.07, 6.45) is 4.52. The number of carbonyl (C=O) groups excluding carboxylic acids is 3. The Labute approximate surface area is 266 Å². The number of halogens is 4. The van der Waals surface area contributed by atoms with Crippen LogP contribution in [0.1, 0.15) is 47.6 Å². The maximum atomic E-state index is 14.6. The SMILES string of the molecule is Cc1ccc(/C=C2\CCC[C@@H]3C2=NN(C(=O)CN2N=N[C@@H]4C(=O)N(c5c(F)c(F)cc(F)c5F)C(=O)[C@@H]42)[C@H]3c2ccc(C)cc2)cc1. The third-order valence-corrected chi connectivity index (χ3v) is 9.06. The molecule has 4 aliphatic rings. The number of hydrazone groups is 1. The van der Waals surface area contributed by atoms with Gasteiger partial charge >= 0.3 is 0 Å². The van der Waals surface area contributed by atoms with Gasteiger partial charge < -0.3 is 0 Å². The van der Waals surface area contributed by atoms with Gasteiger partial charge in [0.1, 0.15) is 12.2 Å². The van der Waals surface area contributed by atoms with Crippen LogP contribution in [0.3, 0.4) is 0 Å². The summed E-state index contributed by atoms with van der Waals surface area (Å²) in [7, 11) is 0. The molecule has 0 spiro atoms. The van der Waals surface area contributed by atoms with E-state index in [9.17, 15) is 31.9 Å². The van der Waals surface area contributed by atoms with Crippen molar-refractivity contribution < 1.29 is 31.9 Å². The highest BCUT2D eigenvalue weighted by molar-refractivity contribution is 6.25. The summed E-state index contributed by atoms with van der Waals surface area (Å²) in [5.74, 6) is -10.5. The molecule has 3 aromatic carbocycles. The summed E-state index contributed by atoms with van der Waals surface area (Å²) >= 11 is 0. The maximum absolute atomic E-state index is 14.6. The van der Waals surface area contributed by atoms with Crippen LogP contribution in [0.15, 0.2) is 75.6 Å². The van der Waals surface area contributed by atoms with Crippen LogP contribution in [-0.4, -0.2) is 52.1 Å². The third kappa shape index (κ3) is 5.09. The van der Waals surface area contributed by atoms with Gasteiger partial charge in [0, 0.05) is 12.0 Å². The predicted octanol–water partition coefficient (Wildman–Crippen LogP) is 5.98. The summed E-state index contributed by atoms with van der Waals surface area (Å²) in [6.45, 7) is 3.42. The Morgan fingerprint density at radius 1 is 0.894 bits per heavy atom. The molecule has 3 aromatic rings. The lowest BCUT2D eigenvalue weighted by Crippen LogP contribution is -2.45. The molecule has 4 atom stereocenters. The Kier molecular flexibility index (Phi) is 7.48. The van der Waals surface area contributed by atoms with Crippen LogP contribution in [-0.2, 0) is 14.4 Å². The lowest BCUT2D eigenvalue weighted by atomic mass is 9.77. The molecule has 1 saturated carbocycles. The van der Waals surface area contributed by atoms with Gasteiger partial charge in [-0.25, -0.2) is 27.5 Å². The van der Waals surface area contributed by atoms with E-state index in [0.29, 0.717) is 0 Å². The molecule has 13 heteroatoms. The van der Waals surface area contributed by atoms with Crippen LogP contribution in [0.5, 0.6) is 0 Å². The molecule has 0 N–H and O–H groups in total. The minimum Gasteiger partial charge on any atom is -0.271 e. The quantitative estimate of drug-likeness (QED) is 0.194. The van der Waals surface area contributed by atoms with Crippen molar-refractivity contribution in [3.05, 3.63) is 106 Å². The van der Waals surface area contributed by atoms with E-state index in [1.807, 2.05) is 62.4 Å². The second-order valence-electron chi connectivity index (χ2n) is 12.2. The first-order valence-corrected chi connectivity index (χ1v) is 15.2. The average Bonchev–Trinajstić information content (AvgIpc) is 3.72. The van der Waals surface area contributed by atoms with E-state index in [1.165, 1.54) is 5.01 Å². The summed E-state index contributed by atoms with van der Waals surface area (Å²) in [4.78, 5) is 40.6. The van der Waals surface area contributed by atoms with Crippen molar-refractivity contribution >= 4 is 35.2 Å². The number of imide groups is 1. The summed E-state index contributed by atoms with van der Waals surface area (Å²) < 4.78 is 57.2. The number of allylic oxidation sites excluding steroid dienone is 1. The number of nitrogens with zero attached hydrogens (tertiary/aromatic N) is 6. The first-order chi connectivity index (χ1) is 22.5. The zero-order chi connectivity index (χ0) is 33.1. The van der Waals surface area contributed by atoms with Gasteiger partial charge in [-0.15, -0.1) is 0 Å². The third-order valence-electron chi connectivity index (χ3n) is 9.06. The van der Waals surface area contributed by atoms with Gasteiger partial charge in [-0.2, -0.15) is 10.2 Å². The van der Waals surface area contributed by atoms with E-state index in [0.717, 1.165) is 57.8 Å². The maximum Gasteiger partial charge on any atom is 0.264 e. The van der Waals surface area contributed by atoms with Gasteiger partial charge in [-0.05, 0) is 55.9 Å². The van der Waals surface area contributed by atoms with Crippen molar-refractivity contribution in [2.75, 3.05) is 11.4 Å². The summed E-state index contributed by atoms with van der Waals surface area (Å²) in [6, 6.07) is 12.3. The predicted molar refractivity (Wildman–Crippen MR) is 163 cm³/mol. The zero-order valence-corrected chi connectivity index (χ0v) is 25.3.